The quantitative estimate of drug-likeness (QED) is 0.678. The molecule has 3 aromatic heterocycles. The second-order valence-electron chi connectivity index (χ2n) is 7.55. The molecule has 2 N–H and O–H groups in total. The number of aromatic nitrogens is 2. The van der Waals surface area contributed by atoms with Crippen molar-refractivity contribution in [1.29, 1.82) is 0 Å². The van der Waals surface area contributed by atoms with Gasteiger partial charge in [0.2, 0.25) is 0 Å². The summed E-state index contributed by atoms with van der Waals surface area (Å²) < 4.78 is 5.49. The van der Waals surface area contributed by atoms with Gasteiger partial charge in [0.05, 0.1) is 24.7 Å². The van der Waals surface area contributed by atoms with E-state index in [2.05, 4.69) is 27.8 Å². The average Bonchev–Trinajstić information content (AvgIpc) is 3.38. The van der Waals surface area contributed by atoms with Crippen LogP contribution in [-0.2, 0) is 11.3 Å². The van der Waals surface area contributed by atoms with Crippen LogP contribution in [0.4, 0.5) is 5.82 Å². The van der Waals surface area contributed by atoms with Crippen molar-refractivity contribution in [2.75, 3.05) is 44.3 Å². The normalized spacial score (nSPS) is 21.5. The van der Waals surface area contributed by atoms with E-state index in [9.17, 15) is 5.11 Å². The van der Waals surface area contributed by atoms with Gasteiger partial charge in [-0.05, 0) is 24.3 Å². The summed E-state index contributed by atoms with van der Waals surface area (Å²) in [5.41, 5.74) is 1.22. The number of piperidine rings is 1. The first kappa shape index (κ1) is 18.4. The number of morpholine rings is 1. The molecule has 3 aromatic rings. The number of ether oxygens (including phenoxy) is 1. The Morgan fingerprint density at radius 1 is 1.25 bits per heavy atom. The molecule has 0 aliphatic carbocycles. The molecular weight excluding hydrogens is 392 g/mol. The highest BCUT2D eigenvalue weighted by atomic mass is 32.1. The molecule has 0 amide bonds. The fourth-order valence-electron chi connectivity index (χ4n) is 4.10. The van der Waals surface area contributed by atoms with E-state index >= 15 is 0 Å². The number of hydrogen-bond acceptors (Lipinski definition) is 7. The van der Waals surface area contributed by atoms with Crippen LogP contribution in [0.1, 0.15) is 18.7 Å². The van der Waals surface area contributed by atoms with Crippen molar-refractivity contribution in [3.05, 3.63) is 28.7 Å². The SMILES string of the molecule is O[C@@H]1CCCN(c2nc(C[NH+]3CCOCC3)nc3scc(-c4cccs4)c23)C1. The van der Waals surface area contributed by atoms with E-state index < -0.39 is 0 Å². The Balaban J connectivity index is 1.58. The zero-order valence-corrected chi connectivity index (χ0v) is 17.4. The standard InChI is InChI=1S/C20H24N4O2S2/c25-14-3-1-5-24(11-14)19-18-15(16-4-2-10-27-16)13-28-20(18)22-17(21-19)12-23-6-8-26-9-7-23/h2,4,10,13-14,25H,1,3,5-9,11-12H2/p+1/t14-/m1/s1. The number of quaternary nitrogens is 1. The number of thiophene rings is 2. The van der Waals surface area contributed by atoms with Gasteiger partial charge in [0, 0.05) is 28.9 Å². The molecule has 2 aliphatic rings. The highest BCUT2D eigenvalue weighted by Crippen LogP contribution is 2.40. The summed E-state index contributed by atoms with van der Waals surface area (Å²) in [5.74, 6) is 1.90. The van der Waals surface area contributed by atoms with E-state index in [1.54, 1.807) is 22.7 Å². The molecule has 0 aromatic carbocycles. The molecule has 148 valence electrons. The Morgan fingerprint density at radius 3 is 2.93 bits per heavy atom. The highest BCUT2D eigenvalue weighted by Gasteiger charge is 2.26. The molecule has 0 spiro atoms. The number of fused-ring (bicyclic) bond motifs is 1. The Morgan fingerprint density at radius 2 is 2.14 bits per heavy atom. The largest absolute Gasteiger partial charge is 0.391 e. The van der Waals surface area contributed by atoms with Crippen molar-refractivity contribution >= 4 is 38.7 Å². The molecule has 2 saturated heterocycles. The number of aliphatic hydroxyl groups is 1. The topological polar surface area (TPSA) is 62.9 Å². The number of hydrogen-bond donors (Lipinski definition) is 2. The lowest BCUT2D eigenvalue weighted by Crippen LogP contribution is -3.12. The Labute approximate surface area is 172 Å². The van der Waals surface area contributed by atoms with E-state index in [0.29, 0.717) is 6.54 Å². The van der Waals surface area contributed by atoms with Crippen LogP contribution in [0.2, 0.25) is 0 Å². The van der Waals surface area contributed by atoms with Gasteiger partial charge in [0.25, 0.3) is 0 Å². The first-order chi connectivity index (χ1) is 13.8. The molecule has 0 radical (unpaired) electrons. The molecule has 2 aliphatic heterocycles. The third kappa shape index (κ3) is 3.67. The molecule has 0 unspecified atom stereocenters. The number of nitrogens with one attached hydrogen (secondary N) is 1. The van der Waals surface area contributed by atoms with Crippen LogP contribution < -0.4 is 9.80 Å². The van der Waals surface area contributed by atoms with Gasteiger partial charge in [-0.3, -0.25) is 0 Å². The summed E-state index contributed by atoms with van der Waals surface area (Å²) in [5, 5.41) is 15.7. The van der Waals surface area contributed by atoms with E-state index in [1.165, 1.54) is 15.3 Å². The van der Waals surface area contributed by atoms with Crippen LogP contribution in [0.15, 0.2) is 22.9 Å². The van der Waals surface area contributed by atoms with Gasteiger partial charge in [-0.2, -0.15) is 0 Å². The summed E-state index contributed by atoms with van der Waals surface area (Å²) in [6.45, 7) is 6.04. The predicted octanol–water partition coefficient (Wildman–Crippen LogP) is 1.80. The third-order valence-electron chi connectivity index (χ3n) is 5.55. The van der Waals surface area contributed by atoms with Crippen molar-refractivity contribution in [2.45, 2.75) is 25.5 Å². The van der Waals surface area contributed by atoms with Crippen molar-refractivity contribution in [1.82, 2.24) is 9.97 Å². The van der Waals surface area contributed by atoms with Crippen molar-refractivity contribution < 1.29 is 14.7 Å². The zero-order chi connectivity index (χ0) is 18.9. The molecule has 5 heterocycles. The van der Waals surface area contributed by atoms with Gasteiger partial charge in [0.1, 0.15) is 30.3 Å². The average molecular weight is 418 g/mol. The van der Waals surface area contributed by atoms with Crippen molar-refractivity contribution in [3.8, 4) is 10.4 Å². The number of anilines is 1. The van der Waals surface area contributed by atoms with E-state index in [0.717, 1.165) is 74.1 Å². The van der Waals surface area contributed by atoms with Crippen LogP contribution in [0, 0.1) is 0 Å². The van der Waals surface area contributed by atoms with Gasteiger partial charge in [-0.25, -0.2) is 9.97 Å². The molecule has 5 rings (SSSR count). The van der Waals surface area contributed by atoms with Gasteiger partial charge >= 0.3 is 0 Å². The lowest BCUT2D eigenvalue weighted by molar-refractivity contribution is -0.922. The van der Waals surface area contributed by atoms with Gasteiger partial charge in [0.15, 0.2) is 5.82 Å². The zero-order valence-electron chi connectivity index (χ0n) is 15.8. The predicted molar refractivity (Wildman–Crippen MR) is 113 cm³/mol. The van der Waals surface area contributed by atoms with Crippen LogP contribution in [0.5, 0.6) is 0 Å². The number of β-amino-alcohol motifs (C(OH)–C–C–N with tert-alkyl or cyclic N) is 1. The maximum absolute atomic E-state index is 10.2. The van der Waals surface area contributed by atoms with Crippen LogP contribution >= 0.6 is 22.7 Å². The third-order valence-corrected chi connectivity index (χ3v) is 7.33. The molecule has 0 bridgehead atoms. The molecular formula is C20H25N4O2S2+. The van der Waals surface area contributed by atoms with Crippen LogP contribution in [-0.4, -0.2) is 60.6 Å². The fourth-order valence-corrected chi connectivity index (χ4v) is 5.87. The lowest BCUT2D eigenvalue weighted by atomic mass is 10.1. The van der Waals surface area contributed by atoms with E-state index in [-0.39, 0.29) is 6.10 Å². The summed E-state index contributed by atoms with van der Waals surface area (Å²) in [6.07, 6.45) is 1.59. The van der Waals surface area contributed by atoms with Gasteiger partial charge in [-0.1, -0.05) is 6.07 Å². The highest BCUT2D eigenvalue weighted by molar-refractivity contribution is 7.18. The Kier molecular flexibility index (Phi) is 5.30. The minimum atomic E-state index is -0.282. The van der Waals surface area contributed by atoms with Crippen LogP contribution in [0.3, 0.4) is 0 Å². The minimum Gasteiger partial charge on any atom is -0.391 e. The van der Waals surface area contributed by atoms with Crippen molar-refractivity contribution in [2.24, 2.45) is 0 Å². The van der Waals surface area contributed by atoms with Crippen molar-refractivity contribution in [3.63, 3.8) is 0 Å². The smallest absolute Gasteiger partial charge is 0.187 e. The Hall–Kier alpha value is -1.58. The number of rotatable bonds is 4. The van der Waals surface area contributed by atoms with Crippen LogP contribution in [0.25, 0.3) is 20.7 Å². The van der Waals surface area contributed by atoms with E-state index in [4.69, 9.17) is 14.7 Å². The molecule has 28 heavy (non-hydrogen) atoms. The van der Waals surface area contributed by atoms with Gasteiger partial charge < -0.3 is 19.6 Å². The lowest BCUT2D eigenvalue weighted by Gasteiger charge is -2.32. The second kappa shape index (κ2) is 8.04. The summed E-state index contributed by atoms with van der Waals surface area (Å²) in [4.78, 5) is 16.0. The molecule has 0 saturated carbocycles. The molecule has 8 heteroatoms. The summed E-state index contributed by atoms with van der Waals surface area (Å²) in [7, 11) is 0. The molecule has 1 atom stereocenters. The maximum Gasteiger partial charge on any atom is 0.187 e. The van der Waals surface area contributed by atoms with Gasteiger partial charge in [-0.15, -0.1) is 22.7 Å². The Bertz CT molecular complexity index is 937. The number of nitrogens with zero attached hydrogens (tertiary/aromatic N) is 3. The summed E-state index contributed by atoms with van der Waals surface area (Å²) >= 11 is 3.45. The summed E-state index contributed by atoms with van der Waals surface area (Å²) in [6, 6.07) is 4.25. The second-order valence-corrected chi connectivity index (χ2v) is 9.36. The first-order valence-corrected chi connectivity index (χ1v) is 11.7. The number of aliphatic hydroxyl groups excluding tert-OH is 1. The maximum atomic E-state index is 10.2. The first-order valence-electron chi connectivity index (χ1n) is 9.94. The fraction of sp³-hybridized carbons (Fsp3) is 0.500. The monoisotopic (exact) mass is 417 g/mol. The molecule has 2 fully saturated rings. The van der Waals surface area contributed by atoms with E-state index in [1.807, 2.05) is 0 Å². The minimum absolute atomic E-state index is 0.282. The molecule has 6 nitrogen and oxygen atoms in total.